The van der Waals surface area contributed by atoms with Gasteiger partial charge in [-0.15, -0.1) is 0 Å². The monoisotopic (exact) mass is 278 g/mol. The summed E-state index contributed by atoms with van der Waals surface area (Å²) >= 11 is -3.09. The van der Waals surface area contributed by atoms with Crippen LogP contribution in [0.5, 0.6) is 0 Å². The van der Waals surface area contributed by atoms with Crippen LogP contribution in [0.4, 0.5) is 39.5 Å². The van der Waals surface area contributed by atoms with Crippen LogP contribution in [-0.4, -0.2) is 39.6 Å². The second kappa shape index (κ2) is 4.07. The second-order valence-corrected chi connectivity index (χ2v) is 2.81. The summed E-state index contributed by atoms with van der Waals surface area (Å²) in [5, 5.41) is 0. The van der Waals surface area contributed by atoms with E-state index in [4.69, 9.17) is 0 Å². The van der Waals surface area contributed by atoms with Crippen LogP contribution in [0.1, 0.15) is 0 Å². The van der Waals surface area contributed by atoms with Crippen molar-refractivity contribution in [1.82, 2.24) is 0 Å². The van der Waals surface area contributed by atoms with Crippen LogP contribution in [-0.2, 0) is 7.59 Å². The third-order valence-corrected chi connectivity index (χ3v) is 1.70. The Morgan fingerprint density at radius 1 is 0.750 bits per heavy atom. The Morgan fingerprint density at radius 3 is 1.38 bits per heavy atom. The summed E-state index contributed by atoms with van der Waals surface area (Å²) in [4.78, 5) is 0. The molecule has 2 nitrogen and oxygen atoms in total. The van der Waals surface area contributed by atoms with Gasteiger partial charge in [0.05, 0.1) is 0 Å². The van der Waals surface area contributed by atoms with Crippen LogP contribution in [0.3, 0.4) is 0 Å². The number of hydrogen-bond acceptors (Lipinski definition) is 2. The van der Waals surface area contributed by atoms with Crippen molar-refractivity contribution in [3.05, 3.63) is 0 Å². The molecule has 0 aliphatic heterocycles. The summed E-state index contributed by atoms with van der Waals surface area (Å²) in [6.45, 7) is 0. The molecule has 0 spiro atoms. The SMILES string of the molecule is [O]=[Al][O]C(F)(F)C(F)(F)C(F)(F)C(F)(F)F. The molecule has 0 aromatic carbocycles. The summed E-state index contributed by atoms with van der Waals surface area (Å²) in [5.74, 6) is -13.9. The number of alkyl halides is 9. The van der Waals surface area contributed by atoms with Crippen molar-refractivity contribution in [2.45, 2.75) is 24.1 Å². The molecule has 0 radical (unpaired) electrons. The zero-order valence-electron chi connectivity index (χ0n) is 6.80. The topological polar surface area (TPSA) is 26.3 Å². The Hall–Kier alpha value is -0.498. The molecule has 0 unspecified atom stereocenters. The molecule has 0 bridgehead atoms. The van der Waals surface area contributed by atoms with Gasteiger partial charge in [-0.1, -0.05) is 0 Å². The number of hydrogen-bond donors (Lipinski definition) is 0. The molecular formula is C4AlF9O2. The van der Waals surface area contributed by atoms with E-state index in [0.717, 1.165) is 0 Å². The first-order valence-electron chi connectivity index (χ1n) is 3.13. The molecule has 0 saturated heterocycles. The van der Waals surface area contributed by atoms with Gasteiger partial charge in [-0.3, -0.25) is 0 Å². The van der Waals surface area contributed by atoms with Crippen LogP contribution in [0.15, 0.2) is 0 Å². The van der Waals surface area contributed by atoms with E-state index in [1.165, 1.54) is 0 Å². The second-order valence-electron chi connectivity index (χ2n) is 2.38. The predicted octanol–water partition coefficient (Wildman–Crippen LogP) is 2.39. The number of rotatable bonds is 4. The standard InChI is InChI=1S/C4F9O.Al.O/c5-1(6,3(9,10)11)2(7,8)4(12,13)14;;/q-1;+1;. The first-order chi connectivity index (χ1) is 6.81. The van der Waals surface area contributed by atoms with Crippen LogP contribution in [0, 0.1) is 0 Å². The first-order valence-corrected chi connectivity index (χ1v) is 4.07. The predicted molar refractivity (Wildman–Crippen MR) is 28.4 cm³/mol. The van der Waals surface area contributed by atoms with E-state index in [0.29, 0.717) is 0 Å². The van der Waals surface area contributed by atoms with Crippen LogP contribution in [0.25, 0.3) is 0 Å². The van der Waals surface area contributed by atoms with Gasteiger partial charge in [0.15, 0.2) is 0 Å². The van der Waals surface area contributed by atoms with E-state index in [1.54, 1.807) is 0 Å². The van der Waals surface area contributed by atoms with Crippen LogP contribution < -0.4 is 0 Å². The van der Waals surface area contributed by atoms with Gasteiger partial charge in [0.25, 0.3) is 0 Å². The first kappa shape index (κ1) is 15.5. The molecular weight excluding hydrogens is 278 g/mol. The summed E-state index contributed by atoms with van der Waals surface area (Å²) in [5.41, 5.74) is 0. The average Bonchev–Trinajstić information content (AvgIpc) is 2.01. The minimum atomic E-state index is -7.02. The van der Waals surface area contributed by atoms with Gasteiger partial charge in [-0.25, -0.2) is 0 Å². The molecule has 0 aromatic heterocycles. The molecule has 0 saturated carbocycles. The van der Waals surface area contributed by atoms with Gasteiger partial charge < -0.3 is 0 Å². The van der Waals surface area contributed by atoms with Gasteiger partial charge >= 0.3 is 86.7 Å². The minimum absolute atomic E-state index is 2.44. The molecule has 0 aliphatic rings. The molecule has 0 rings (SSSR count). The Bertz CT molecular complexity index is 271. The van der Waals surface area contributed by atoms with Crippen molar-refractivity contribution >= 4 is 15.5 Å². The quantitative estimate of drug-likeness (QED) is 0.583. The third-order valence-electron chi connectivity index (χ3n) is 1.31. The number of halogens is 9. The van der Waals surface area contributed by atoms with Gasteiger partial charge in [0, 0.05) is 0 Å². The summed E-state index contributed by atoms with van der Waals surface area (Å²) in [6.07, 6.45) is -13.1. The van der Waals surface area contributed by atoms with Crippen molar-refractivity contribution in [2.24, 2.45) is 0 Å². The summed E-state index contributed by atoms with van der Waals surface area (Å²) in [6, 6.07) is 0. The fraction of sp³-hybridized carbons (Fsp3) is 1.00. The Morgan fingerprint density at radius 2 is 1.12 bits per heavy atom. The zero-order chi connectivity index (χ0) is 13.4. The fourth-order valence-corrected chi connectivity index (χ4v) is 0.764. The van der Waals surface area contributed by atoms with E-state index in [1.807, 2.05) is 0 Å². The Labute approximate surface area is 87.6 Å². The van der Waals surface area contributed by atoms with E-state index < -0.39 is 39.6 Å². The maximum absolute atomic E-state index is 12.2. The van der Waals surface area contributed by atoms with Gasteiger partial charge in [0.2, 0.25) is 0 Å². The fourth-order valence-electron chi connectivity index (χ4n) is 0.495. The molecule has 0 aliphatic carbocycles. The van der Waals surface area contributed by atoms with Crippen molar-refractivity contribution < 1.29 is 47.1 Å². The van der Waals surface area contributed by atoms with Crippen molar-refractivity contribution in [2.75, 3.05) is 0 Å². The van der Waals surface area contributed by atoms with Crippen molar-refractivity contribution in [3.8, 4) is 0 Å². The van der Waals surface area contributed by atoms with E-state index >= 15 is 0 Å². The molecule has 0 heterocycles. The van der Waals surface area contributed by atoms with Gasteiger partial charge in [0.1, 0.15) is 0 Å². The summed E-state index contributed by atoms with van der Waals surface area (Å²) < 4.78 is 119. The van der Waals surface area contributed by atoms with E-state index in [9.17, 15) is 43.3 Å². The molecule has 0 atom stereocenters. The third kappa shape index (κ3) is 2.27. The summed E-state index contributed by atoms with van der Waals surface area (Å²) in [7, 11) is 0. The Balaban J connectivity index is 5.42. The molecule has 12 heteroatoms. The van der Waals surface area contributed by atoms with Crippen molar-refractivity contribution in [3.63, 3.8) is 0 Å². The van der Waals surface area contributed by atoms with Gasteiger partial charge in [-0.2, -0.15) is 0 Å². The van der Waals surface area contributed by atoms with Crippen LogP contribution >= 0.6 is 0 Å². The maximum atomic E-state index is 12.2. The molecule has 16 heavy (non-hydrogen) atoms. The van der Waals surface area contributed by atoms with E-state index in [2.05, 4.69) is 3.79 Å². The molecule has 94 valence electrons. The van der Waals surface area contributed by atoms with Crippen molar-refractivity contribution in [1.29, 1.82) is 0 Å². The van der Waals surface area contributed by atoms with Gasteiger partial charge in [-0.05, 0) is 0 Å². The molecule has 0 fully saturated rings. The average molecular weight is 278 g/mol. The molecule has 0 aromatic rings. The zero-order valence-corrected chi connectivity index (χ0v) is 7.95. The molecule has 0 N–H and O–H groups in total. The molecule has 0 amide bonds. The Kier molecular flexibility index (Phi) is 3.94. The van der Waals surface area contributed by atoms with E-state index in [-0.39, 0.29) is 0 Å². The normalized spacial score (nSPS) is 14.6. The van der Waals surface area contributed by atoms with Crippen LogP contribution in [0.2, 0.25) is 0 Å².